The van der Waals surface area contributed by atoms with Crippen LogP contribution in [0.1, 0.15) is 52.9 Å². The molecule has 0 amide bonds. The van der Waals surface area contributed by atoms with Crippen molar-refractivity contribution in [2.24, 2.45) is 5.92 Å². The lowest BCUT2D eigenvalue weighted by Crippen LogP contribution is -2.15. The van der Waals surface area contributed by atoms with Crippen molar-refractivity contribution in [3.63, 3.8) is 0 Å². The molecule has 1 aliphatic rings. The average Bonchev–Trinajstić information content (AvgIpc) is 2.48. The fourth-order valence-electron chi connectivity index (χ4n) is 2.08. The Morgan fingerprint density at radius 2 is 2.07 bits per heavy atom. The molecule has 14 heavy (non-hydrogen) atoms. The Morgan fingerprint density at radius 1 is 1.29 bits per heavy atom. The lowest BCUT2D eigenvalue weighted by molar-refractivity contribution is -0.132. The topological polar surface area (TPSA) is 18.5 Å². The summed E-state index contributed by atoms with van der Waals surface area (Å²) in [6, 6.07) is 0. The predicted octanol–water partition coefficient (Wildman–Crippen LogP) is 3.35. The number of rotatable bonds is 6. The summed E-state index contributed by atoms with van der Waals surface area (Å²) >= 11 is 0. The van der Waals surface area contributed by atoms with E-state index in [0.29, 0.717) is 12.0 Å². The molecular weight excluding hydrogens is 176 g/mol. The monoisotopic (exact) mass is 200 g/mol. The summed E-state index contributed by atoms with van der Waals surface area (Å²) in [5.74, 6) is 0.670. The van der Waals surface area contributed by atoms with Gasteiger partial charge in [0.1, 0.15) is 0 Å². The highest BCUT2D eigenvalue weighted by molar-refractivity contribution is 4.75. The largest absolute Gasteiger partial charge is 0.353 e. The van der Waals surface area contributed by atoms with E-state index in [1.165, 1.54) is 25.7 Å². The van der Waals surface area contributed by atoms with Gasteiger partial charge >= 0.3 is 0 Å². The molecule has 0 spiro atoms. The van der Waals surface area contributed by atoms with Crippen molar-refractivity contribution < 1.29 is 9.47 Å². The van der Waals surface area contributed by atoms with E-state index in [1.54, 1.807) is 0 Å². The number of ether oxygens (including phenoxy) is 2. The maximum Gasteiger partial charge on any atom is 0.158 e. The lowest BCUT2D eigenvalue weighted by Gasteiger charge is -2.14. The fourth-order valence-corrected chi connectivity index (χ4v) is 2.08. The molecule has 1 rings (SSSR count). The Hall–Kier alpha value is -0.0800. The van der Waals surface area contributed by atoms with Gasteiger partial charge in [0.15, 0.2) is 6.29 Å². The van der Waals surface area contributed by atoms with Crippen molar-refractivity contribution in [3.8, 4) is 0 Å². The second-order valence-corrected chi connectivity index (χ2v) is 4.27. The molecule has 1 fully saturated rings. The van der Waals surface area contributed by atoms with E-state index in [2.05, 4.69) is 13.8 Å². The molecule has 2 nitrogen and oxygen atoms in total. The van der Waals surface area contributed by atoms with Crippen molar-refractivity contribution in [3.05, 3.63) is 0 Å². The first kappa shape index (κ1) is 12.0. The maximum absolute atomic E-state index is 5.84. The van der Waals surface area contributed by atoms with Crippen LogP contribution in [0.25, 0.3) is 0 Å². The van der Waals surface area contributed by atoms with Gasteiger partial charge in [0.05, 0.1) is 6.10 Å². The van der Waals surface area contributed by atoms with E-state index in [-0.39, 0.29) is 6.29 Å². The molecule has 0 aromatic heterocycles. The zero-order chi connectivity index (χ0) is 10.4. The van der Waals surface area contributed by atoms with Gasteiger partial charge < -0.3 is 9.47 Å². The van der Waals surface area contributed by atoms with E-state index in [0.717, 1.165) is 13.0 Å². The minimum atomic E-state index is 0.0710. The van der Waals surface area contributed by atoms with Crippen LogP contribution in [-0.2, 0) is 9.47 Å². The van der Waals surface area contributed by atoms with Crippen LogP contribution in [0, 0.1) is 5.92 Å². The van der Waals surface area contributed by atoms with Crippen LogP contribution in [0.15, 0.2) is 0 Å². The Labute approximate surface area is 88.0 Å². The number of hydrogen-bond donors (Lipinski definition) is 0. The third-order valence-electron chi connectivity index (χ3n) is 2.97. The highest BCUT2D eigenvalue weighted by atomic mass is 16.7. The molecule has 1 saturated heterocycles. The van der Waals surface area contributed by atoms with Crippen LogP contribution < -0.4 is 0 Å². The van der Waals surface area contributed by atoms with Crippen LogP contribution in [0.3, 0.4) is 0 Å². The Balaban J connectivity index is 2.19. The first-order chi connectivity index (χ1) is 6.77. The van der Waals surface area contributed by atoms with E-state index in [9.17, 15) is 0 Å². The summed E-state index contributed by atoms with van der Waals surface area (Å²) in [5.41, 5.74) is 0. The van der Waals surface area contributed by atoms with Gasteiger partial charge in [0.25, 0.3) is 0 Å². The molecule has 0 unspecified atom stereocenters. The zero-order valence-electron chi connectivity index (χ0n) is 9.79. The molecular formula is C12H24O2. The van der Waals surface area contributed by atoms with Crippen molar-refractivity contribution in [1.29, 1.82) is 0 Å². The number of unbranched alkanes of at least 4 members (excludes halogenated alkanes) is 2. The summed E-state index contributed by atoms with van der Waals surface area (Å²) in [4.78, 5) is 0. The van der Waals surface area contributed by atoms with Crippen LogP contribution in [-0.4, -0.2) is 19.0 Å². The second-order valence-electron chi connectivity index (χ2n) is 4.27. The highest BCUT2D eigenvalue weighted by Gasteiger charge is 2.31. The van der Waals surface area contributed by atoms with Crippen LogP contribution in [0.2, 0.25) is 0 Å². The molecule has 2 heteroatoms. The second kappa shape index (κ2) is 6.41. The summed E-state index contributed by atoms with van der Waals surface area (Å²) in [6.45, 7) is 7.30. The highest BCUT2D eigenvalue weighted by Crippen LogP contribution is 2.29. The van der Waals surface area contributed by atoms with E-state index in [1.807, 2.05) is 6.92 Å². The summed E-state index contributed by atoms with van der Waals surface area (Å²) < 4.78 is 11.3. The van der Waals surface area contributed by atoms with Crippen LogP contribution >= 0.6 is 0 Å². The number of hydrogen-bond acceptors (Lipinski definition) is 2. The molecule has 1 aliphatic heterocycles. The van der Waals surface area contributed by atoms with Gasteiger partial charge in [-0.1, -0.05) is 33.1 Å². The summed E-state index contributed by atoms with van der Waals surface area (Å²) in [5, 5.41) is 0. The quantitative estimate of drug-likeness (QED) is 0.612. The molecule has 0 saturated carbocycles. The van der Waals surface area contributed by atoms with E-state index >= 15 is 0 Å². The third-order valence-corrected chi connectivity index (χ3v) is 2.97. The summed E-state index contributed by atoms with van der Waals surface area (Å²) in [6.07, 6.45) is 6.70. The Bertz CT molecular complexity index is 147. The van der Waals surface area contributed by atoms with Crippen molar-refractivity contribution in [1.82, 2.24) is 0 Å². The van der Waals surface area contributed by atoms with Crippen LogP contribution in [0.5, 0.6) is 0 Å². The first-order valence-electron chi connectivity index (χ1n) is 6.05. The fraction of sp³-hybridized carbons (Fsp3) is 1.00. The van der Waals surface area contributed by atoms with E-state index in [4.69, 9.17) is 9.47 Å². The van der Waals surface area contributed by atoms with Crippen molar-refractivity contribution in [2.45, 2.75) is 65.3 Å². The van der Waals surface area contributed by atoms with E-state index < -0.39 is 0 Å². The molecule has 0 aromatic carbocycles. The molecule has 3 atom stereocenters. The lowest BCUT2D eigenvalue weighted by atomic mass is 9.99. The molecule has 0 bridgehead atoms. The summed E-state index contributed by atoms with van der Waals surface area (Å²) in [7, 11) is 0. The zero-order valence-corrected chi connectivity index (χ0v) is 9.79. The van der Waals surface area contributed by atoms with Crippen LogP contribution in [0.4, 0.5) is 0 Å². The standard InChI is InChI=1S/C12H24O2/c1-4-6-7-8-11-10(3)9-12(14-11)13-5-2/h10-12H,4-9H2,1-3H3/t10-,11+,12+/m0/s1. The minimum Gasteiger partial charge on any atom is -0.353 e. The first-order valence-corrected chi connectivity index (χ1v) is 6.05. The van der Waals surface area contributed by atoms with Gasteiger partial charge in [0.2, 0.25) is 0 Å². The molecule has 0 aliphatic carbocycles. The molecule has 0 N–H and O–H groups in total. The van der Waals surface area contributed by atoms with Gasteiger partial charge in [-0.05, 0) is 19.3 Å². The molecule has 1 heterocycles. The maximum atomic E-state index is 5.84. The van der Waals surface area contributed by atoms with Gasteiger partial charge in [-0.25, -0.2) is 0 Å². The Morgan fingerprint density at radius 3 is 2.71 bits per heavy atom. The van der Waals surface area contributed by atoms with Gasteiger partial charge in [-0.2, -0.15) is 0 Å². The minimum absolute atomic E-state index is 0.0710. The van der Waals surface area contributed by atoms with Gasteiger partial charge in [-0.3, -0.25) is 0 Å². The molecule has 0 aromatic rings. The Kier molecular flexibility index (Phi) is 5.49. The average molecular weight is 200 g/mol. The third kappa shape index (κ3) is 3.58. The normalized spacial score (nSPS) is 32.4. The van der Waals surface area contributed by atoms with Crippen molar-refractivity contribution in [2.75, 3.05) is 6.61 Å². The van der Waals surface area contributed by atoms with Gasteiger partial charge in [-0.15, -0.1) is 0 Å². The van der Waals surface area contributed by atoms with Gasteiger partial charge in [0, 0.05) is 13.0 Å². The molecule has 0 radical (unpaired) electrons. The molecule has 84 valence electrons. The van der Waals surface area contributed by atoms with Crippen molar-refractivity contribution >= 4 is 0 Å². The predicted molar refractivity (Wildman–Crippen MR) is 58.2 cm³/mol. The SMILES string of the molecule is CCCCC[C@H]1O[C@@H](OCC)C[C@@H]1C. The smallest absolute Gasteiger partial charge is 0.158 e.